The Bertz CT molecular complexity index is 159. The van der Waals surface area contributed by atoms with Crippen LogP contribution in [0.2, 0.25) is 0 Å². The second-order valence-corrected chi connectivity index (χ2v) is 2.02. The van der Waals surface area contributed by atoms with Gasteiger partial charge in [0.15, 0.2) is 0 Å². The van der Waals surface area contributed by atoms with E-state index in [0.717, 1.165) is 0 Å². The Kier molecular flexibility index (Phi) is 3.69. The fourth-order valence-electron chi connectivity index (χ4n) is 0.450. The molecule has 1 N–H and O–H groups in total. The Morgan fingerprint density at radius 1 is 1.50 bits per heavy atom. The van der Waals surface area contributed by atoms with Crippen LogP contribution in [0, 0.1) is 0 Å². The molecule has 0 aromatic heterocycles. The van der Waals surface area contributed by atoms with Crippen molar-refractivity contribution in [2.24, 2.45) is 0 Å². The molecule has 0 heterocycles. The molecule has 0 aromatic rings. The van der Waals surface area contributed by atoms with Crippen LogP contribution in [-0.4, -0.2) is 12.5 Å². The smallest absolute Gasteiger partial charge is 0.249 e. The van der Waals surface area contributed by atoms with Gasteiger partial charge in [-0.05, 0) is 20.8 Å². The van der Waals surface area contributed by atoms with Crippen molar-refractivity contribution < 1.29 is 9.18 Å². The number of allylic oxidation sites excluding steroid dienone is 1. The summed E-state index contributed by atoms with van der Waals surface area (Å²) in [5.74, 6) is -0.756. The van der Waals surface area contributed by atoms with Crippen LogP contribution in [0.4, 0.5) is 4.39 Å². The quantitative estimate of drug-likeness (QED) is 0.584. The van der Waals surface area contributed by atoms with Crippen molar-refractivity contribution in [2.75, 3.05) is 6.54 Å². The van der Waals surface area contributed by atoms with Gasteiger partial charge in [0.1, 0.15) is 5.83 Å². The molecule has 0 saturated carbocycles. The fraction of sp³-hybridized carbons (Fsp3) is 0.571. The first-order valence-electron chi connectivity index (χ1n) is 3.20. The van der Waals surface area contributed by atoms with Crippen LogP contribution in [-0.2, 0) is 4.79 Å². The third kappa shape index (κ3) is 2.62. The van der Waals surface area contributed by atoms with Crippen LogP contribution < -0.4 is 5.32 Å². The summed E-state index contributed by atoms with van der Waals surface area (Å²) in [4.78, 5) is 10.8. The maximum absolute atomic E-state index is 12.3. The molecule has 0 unspecified atom stereocenters. The molecule has 0 aliphatic rings. The molecule has 0 rings (SSSR count). The molecule has 0 saturated heterocycles. The van der Waals surface area contributed by atoms with Gasteiger partial charge in [-0.1, -0.05) is 0 Å². The highest BCUT2D eigenvalue weighted by Crippen LogP contribution is 2.02. The predicted molar refractivity (Wildman–Crippen MR) is 38.2 cm³/mol. The maximum atomic E-state index is 12.3. The van der Waals surface area contributed by atoms with Gasteiger partial charge < -0.3 is 5.32 Å². The monoisotopic (exact) mass is 145 g/mol. The SMILES string of the molecule is CCNC(=O)/C(C)=C(/C)F. The lowest BCUT2D eigenvalue weighted by Crippen LogP contribution is -2.23. The van der Waals surface area contributed by atoms with Gasteiger partial charge in [0, 0.05) is 12.1 Å². The van der Waals surface area contributed by atoms with E-state index in [9.17, 15) is 9.18 Å². The Balaban J connectivity index is 4.09. The van der Waals surface area contributed by atoms with Gasteiger partial charge in [-0.15, -0.1) is 0 Å². The zero-order valence-corrected chi connectivity index (χ0v) is 6.49. The summed E-state index contributed by atoms with van der Waals surface area (Å²) in [7, 11) is 0. The molecule has 58 valence electrons. The summed E-state index contributed by atoms with van der Waals surface area (Å²) in [6.45, 7) is 5.05. The summed E-state index contributed by atoms with van der Waals surface area (Å²) in [5, 5.41) is 2.49. The second-order valence-electron chi connectivity index (χ2n) is 2.02. The van der Waals surface area contributed by atoms with Crippen LogP contribution >= 0.6 is 0 Å². The lowest BCUT2D eigenvalue weighted by Gasteiger charge is -2.00. The standard InChI is InChI=1S/C7H12FNO/c1-4-9-7(10)5(2)6(3)8/h4H2,1-3H3,(H,9,10)/b6-5-. The van der Waals surface area contributed by atoms with E-state index in [1.165, 1.54) is 13.8 Å². The molecule has 0 radical (unpaired) electrons. The maximum Gasteiger partial charge on any atom is 0.249 e. The Hall–Kier alpha value is -0.860. The van der Waals surface area contributed by atoms with Gasteiger partial charge in [-0.3, -0.25) is 4.79 Å². The number of nitrogens with one attached hydrogen (secondary N) is 1. The highest BCUT2D eigenvalue weighted by Gasteiger charge is 2.04. The molecule has 0 aliphatic heterocycles. The first-order valence-corrected chi connectivity index (χ1v) is 3.20. The van der Waals surface area contributed by atoms with Crippen LogP contribution in [0.15, 0.2) is 11.4 Å². The predicted octanol–water partition coefficient (Wildman–Crippen LogP) is 1.39. The molecular weight excluding hydrogens is 133 g/mol. The average Bonchev–Trinajstić information content (AvgIpc) is 1.87. The summed E-state index contributed by atoms with van der Waals surface area (Å²) in [6.07, 6.45) is 0. The number of hydrogen-bond acceptors (Lipinski definition) is 1. The molecule has 10 heavy (non-hydrogen) atoms. The van der Waals surface area contributed by atoms with Gasteiger partial charge in [0.2, 0.25) is 5.91 Å². The first kappa shape index (κ1) is 9.14. The molecule has 0 atom stereocenters. The number of likely N-dealkylation sites (N-methyl/N-ethyl adjacent to an activating group) is 1. The van der Waals surface area contributed by atoms with Crippen LogP contribution in [0.25, 0.3) is 0 Å². The number of amides is 1. The van der Waals surface area contributed by atoms with Crippen molar-refractivity contribution in [3.8, 4) is 0 Å². The molecular formula is C7H12FNO. The number of carbonyl (C=O) groups excluding carboxylic acids is 1. The van der Waals surface area contributed by atoms with Crippen LogP contribution in [0.5, 0.6) is 0 Å². The molecule has 0 aromatic carbocycles. The molecule has 0 fully saturated rings. The highest BCUT2D eigenvalue weighted by molar-refractivity contribution is 5.93. The molecule has 0 aliphatic carbocycles. The summed E-state index contributed by atoms with van der Waals surface area (Å²) < 4.78 is 12.3. The lowest BCUT2D eigenvalue weighted by molar-refractivity contribution is -0.117. The van der Waals surface area contributed by atoms with E-state index < -0.39 is 5.83 Å². The van der Waals surface area contributed by atoms with E-state index in [-0.39, 0.29) is 11.5 Å². The zero-order valence-electron chi connectivity index (χ0n) is 6.49. The molecule has 1 amide bonds. The van der Waals surface area contributed by atoms with Crippen molar-refractivity contribution in [1.29, 1.82) is 0 Å². The van der Waals surface area contributed by atoms with Crippen molar-refractivity contribution in [2.45, 2.75) is 20.8 Å². The van der Waals surface area contributed by atoms with Crippen LogP contribution in [0.3, 0.4) is 0 Å². The number of rotatable bonds is 2. The van der Waals surface area contributed by atoms with Crippen LogP contribution in [0.1, 0.15) is 20.8 Å². The molecule has 2 nitrogen and oxygen atoms in total. The van der Waals surface area contributed by atoms with Crippen molar-refractivity contribution in [3.05, 3.63) is 11.4 Å². The van der Waals surface area contributed by atoms with E-state index in [2.05, 4.69) is 5.32 Å². The number of carbonyl (C=O) groups is 1. The van der Waals surface area contributed by atoms with E-state index in [4.69, 9.17) is 0 Å². The summed E-state index contributed by atoms with van der Waals surface area (Å²) >= 11 is 0. The second kappa shape index (κ2) is 4.04. The fourth-order valence-corrected chi connectivity index (χ4v) is 0.450. The Morgan fingerprint density at radius 2 is 2.00 bits per heavy atom. The van der Waals surface area contributed by atoms with Gasteiger partial charge >= 0.3 is 0 Å². The minimum absolute atomic E-state index is 0.154. The third-order valence-electron chi connectivity index (χ3n) is 1.19. The molecule has 3 heteroatoms. The van der Waals surface area contributed by atoms with Gasteiger partial charge in [-0.2, -0.15) is 0 Å². The van der Waals surface area contributed by atoms with E-state index >= 15 is 0 Å². The largest absolute Gasteiger partial charge is 0.353 e. The Morgan fingerprint density at radius 3 is 2.30 bits per heavy atom. The minimum Gasteiger partial charge on any atom is -0.353 e. The number of halogens is 1. The Labute approximate surface area is 60.1 Å². The zero-order chi connectivity index (χ0) is 8.15. The first-order chi connectivity index (χ1) is 4.59. The topological polar surface area (TPSA) is 29.1 Å². The normalized spacial score (nSPS) is 12.4. The number of hydrogen-bond donors (Lipinski definition) is 1. The highest BCUT2D eigenvalue weighted by atomic mass is 19.1. The van der Waals surface area contributed by atoms with E-state index in [1.807, 2.05) is 0 Å². The average molecular weight is 145 g/mol. The van der Waals surface area contributed by atoms with E-state index in [1.54, 1.807) is 6.92 Å². The lowest BCUT2D eigenvalue weighted by atomic mass is 10.2. The van der Waals surface area contributed by atoms with Gasteiger partial charge in [0.25, 0.3) is 0 Å². The van der Waals surface area contributed by atoms with Crippen molar-refractivity contribution in [3.63, 3.8) is 0 Å². The summed E-state index contributed by atoms with van der Waals surface area (Å²) in [6, 6.07) is 0. The van der Waals surface area contributed by atoms with E-state index in [0.29, 0.717) is 6.54 Å². The summed E-state index contributed by atoms with van der Waals surface area (Å²) in [5.41, 5.74) is 0.154. The van der Waals surface area contributed by atoms with Gasteiger partial charge in [-0.25, -0.2) is 4.39 Å². The molecule has 0 bridgehead atoms. The van der Waals surface area contributed by atoms with Crippen molar-refractivity contribution >= 4 is 5.91 Å². The van der Waals surface area contributed by atoms with Gasteiger partial charge in [0.05, 0.1) is 0 Å². The molecule has 0 spiro atoms. The van der Waals surface area contributed by atoms with Crippen molar-refractivity contribution in [1.82, 2.24) is 5.32 Å². The third-order valence-corrected chi connectivity index (χ3v) is 1.19. The minimum atomic E-state index is -0.425.